The van der Waals surface area contributed by atoms with Crippen molar-refractivity contribution in [2.75, 3.05) is 0 Å². The fourth-order valence-electron chi connectivity index (χ4n) is 5.49. The Balaban J connectivity index is 1.54. The third-order valence-electron chi connectivity index (χ3n) is 7.36. The highest BCUT2D eigenvalue weighted by molar-refractivity contribution is 7.26. The first-order valence-electron chi connectivity index (χ1n) is 12.5. The molecule has 36 heavy (non-hydrogen) atoms. The second-order valence-corrected chi connectivity index (χ2v) is 11.7. The molecule has 0 aliphatic carbocycles. The van der Waals surface area contributed by atoms with Crippen molar-refractivity contribution in [1.82, 2.24) is 4.57 Å². The molecular formula is C34H27NS. The summed E-state index contributed by atoms with van der Waals surface area (Å²) in [5.41, 5.74) is 7.72. The van der Waals surface area contributed by atoms with E-state index in [1.165, 1.54) is 64.4 Å². The lowest BCUT2D eigenvalue weighted by Crippen LogP contribution is -2.10. The van der Waals surface area contributed by atoms with Gasteiger partial charge in [0.2, 0.25) is 0 Å². The van der Waals surface area contributed by atoms with Crippen LogP contribution in [0.5, 0.6) is 0 Å². The SMILES string of the molecule is CC(C)(C)c1ccc2c(c1)c1cc(-c3cccc4c3sc3ccccc34)ccc1n2-c1ccccc1. The van der Waals surface area contributed by atoms with Crippen LogP contribution in [0.2, 0.25) is 0 Å². The minimum Gasteiger partial charge on any atom is -0.309 e. The fraction of sp³-hybridized carbons (Fsp3) is 0.118. The number of fused-ring (bicyclic) bond motifs is 6. The van der Waals surface area contributed by atoms with Gasteiger partial charge in [0.1, 0.15) is 0 Å². The summed E-state index contributed by atoms with van der Waals surface area (Å²) in [6, 6.07) is 40.2. The molecule has 2 aromatic heterocycles. The van der Waals surface area contributed by atoms with E-state index in [9.17, 15) is 0 Å². The largest absolute Gasteiger partial charge is 0.309 e. The Hall–Kier alpha value is -3.88. The molecule has 0 saturated carbocycles. The molecule has 0 atom stereocenters. The molecule has 7 aromatic rings. The van der Waals surface area contributed by atoms with E-state index in [1.807, 2.05) is 11.3 Å². The molecule has 0 N–H and O–H groups in total. The molecule has 0 aliphatic heterocycles. The zero-order chi connectivity index (χ0) is 24.4. The first-order valence-corrected chi connectivity index (χ1v) is 13.4. The molecule has 0 spiro atoms. The third kappa shape index (κ3) is 3.22. The molecule has 1 nitrogen and oxygen atoms in total. The average Bonchev–Trinajstić information content (AvgIpc) is 3.43. The van der Waals surface area contributed by atoms with Crippen LogP contribution in [0.15, 0.2) is 109 Å². The Labute approximate surface area is 215 Å². The highest BCUT2D eigenvalue weighted by Crippen LogP contribution is 2.42. The van der Waals surface area contributed by atoms with Crippen molar-refractivity contribution >= 4 is 53.3 Å². The summed E-state index contributed by atoms with van der Waals surface area (Å²) in [6.07, 6.45) is 0. The summed E-state index contributed by atoms with van der Waals surface area (Å²) < 4.78 is 5.11. The number of aromatic nitrogens is 1. The Morgan fingerprint density at radius 1 is 0.583 bits per heavy atom. The normalized spacial score (nSPS) is 12.3. The number of nitrogens with zero attached hydrogens (tertiary/aromatic N) is 1. The number of hydrogen-bond acceptors (Lipinski definition) is 1. The molecule has 2 heterocycles. The van der Waals surface area contributed by atoms with Gasteiger partial charge in [-0.25, -0.2) is 0 Å². The van der Waals surface area contributed by atoms with E-state index in [4.69, 9.17) is 0 Å². The molecule has 0 unspecified atom stereocenters. The molecule has 0 saturated heterocycles. The number of hydrogen-bond donors (Lipinski definition) is 0. The van der Waals surface area contributed by atoms with Gasteiger partial charge in [-0.15, -0.1) is 11.3 Å². The van der Waals surface area contributed by atoms with Crippen LogP contribution in [0.4, 0.5) is 0 Å². The zero-order valence-corrected chi connectivity index (χ0v) is 21.6. The van der Waals surface area contributed by atoms with Crippen LogP contribution in [-0.4, -0.2) is 4.57 Å². The van der Waals surface area contributed by atoms with Gasteiger partial charge in [-0.3, -0.25) is 0 Å². The van der Waals surface area contributed by atoms with E-state index in [2.05, 4.69) is 135 Å². The van der Waals surface area contributed by atoms with Crippen LogP contribution in [0.3, 0.4) is 0 Å². The molecule has 0 bridgehead atoms. The predicted molar refractivity (Wildman–Crippen MR) is 158 cm³/mol. The fourth-order valence-corrected chi connectivity index (χ4v) is 6.73. The summed E-state index contributed by atoms with van der Waals surface area (Å²) in [5.74, 6) is 0. The number of rotatable bonds is 2. The van der Waals surface area contributed by atoms with Crippen molar-refractivity contribution in [3.05, 3.63) is 115 Å². The van der Waals surface area contributed by atoms with Crippen molar-refractivity contribution in [2.45, 2.75) is 26.2 Å². The quantitative estimate of drug-likeness (QED) is 0.231. The minimum absolute atomic E-state index is 0.0929. The molecule has 0 fully saturated rings. The van der Waals surface area contributed by atoms with Crippen LogP contribution >= 0.6 is 11.3 Å². The van der Waals surface area contributed by atoms with E-state index >= 15 is 0 Å². The van der Waals surface area contributed by atoms with Crippen molar-refractivity contribution in [3.63, 3.8) is 0 Å². The van der Waals surface area contributed by atoms with Gasteiger partial charge in [0, 0.05) is 36.6 Å². The van der Waals surface area contributed by atoms with Crippen LogP contribution in [0.1, 0.15) is 26.3 Å². The Morgan fingerprint density at radius 3 is 2.08 bits per heavy atom. The molecule has 0 radical (unpaired) electrons. The monoisotopic (exact) mass is 481 g/mol. The van der Waals surface area contributed by atoms with Crippen molar-refractivity contribution in [3.8, 4) is 16.8 Å². The van der Waals surface area contributed by atoms with Crippen molar-refractivity contribution < 1.29 is 0 Å². The van der Waals surface area contributed by atoms with Crippen LogP contribution in [-0.2, 0) is 5.41 Å². The Morgan fingerprint density at radius 2 is 1.28 bits per heavy atom. The zero-order valence-electron chi connectivity index (χ0n) is 20.7. The summed E-state index contributed by atoms with van der Waals surface area (Å²) in [4.78, 5) is 0. The van der Waals surface area contributed by atoms with E-state index in [1.54, 1.807) is 0 Å². The van der Waals surface area contributed by atoms with Gasteiger partial charge in [0.15, 0.2) is 0 Å². The molecular weight excluding hydrogens is 454 g/mol. The van der Waals surface area contributed by atoms with Gasteiger partial charge in [-0.2, -0.15) is 0 Å². The Bertz CT molecular complexity index is 1910. The van der Waals surface area contributed by atoms with Gasteiger partial charge in [0.25, 0.3) is 0 Å². The van der Waals surface area contributed by atoms with Crippen molar-refractivity contribution in [1.29, 1.82) is 0 Å². The average molecular weight is 482 g/mol. The first-order chi connectivity index (χ1) is 17.5. The van der Waals surface area contributed by atoms with Crippen LogP contribution < -0.4 is 0 Å². The standard InChI is InChI=1S/C34H27NS/c1-34(2,3)23-17-19-31-29(21-23)28-20-22(16-18-30(28)35(31)24-10-5-4-6-11-24)25-13-9-14-27-26-12-7-8-15-32(26)36-33(25)27/h4-21H,1-3H3. The molecule has 0 amide bonds. The number of para-hydroxylation sites is 1. The smallest absolute Gasteiger partial charge is 0.0541 e. The molecule has 0 aliphatic rings. The third-order valence-corrected chi connectivity index (χ3v) is 8.58. The topological polar surface area (TPSA) is 4.93 Å². The van der Waals surface area contributed by atoms with E-state index in [0.29, 0.717) is 0 Å². The molecule has 5 aromatic carbocycles. The number of thiophene rings is 1. The summed E-state index contributed by atoms with van der Waals surface area (Å²) >= 11 is 1.89. The Kier molecular flexibility index (Phi) is 4.64. The molecule has 2 heteroatoms. The predicted octanol–water partition coefficient (Wildman–Crippen LogP) is 10.1. The van der Waals surface area contributed by atoms with Gasteiger partial charge in [-0.1, -0.05) is 87.5 Å². The van der Waals surface area contributed by atoms with E-state index in [0.717, 1.165) is 0 Å². The summed E-state index contributed by atoms with van der Waals surface area (Å²) in [7, 11) is 0. The van der Waals surface area contributed by atoms with Gasteiger partial charge in [-0.05, 0) is 64.6 Å². The molecule has 7 rings (SSSR count). The lowest BCUT2D eigenvalue weighted by molar-refractivity contribution is 0.591. The summed E-state index contributed by atoms with van der Waals surface area (Å²) in [5, 5.41) is 5.30. The second-order valence-electron chi connectivity index (χ2n) is 10.7. The maximum Gasteiger partial charge on any atom is 0.0541 e. The number of benzene rings is 5. The summed E-state index contributed by atoms with van der Waals surface area (Å²) in [6.45, 7) is 6.87. The van der Waals surface area contributed by atoms with Gasteiger partial charge < -0.3 is 4.57 Å². The van der Waals surface area contributed by atoms with Crippen LogP contribution in [0, 0.1) is 0 Å². The lowest BCUT2D eigenvalue weighted by Gasteiger charge is -2.19. The molecule has 174 valence electrons. The highest BCUT2D eigenvalue weighted by Gasteiger charge is 2.19. The van der Waals surface area contributed by atoms with Gasteiger partial charge in [0.05, 0.1) is 11.0 Å². The second kappa shape index (κ2) is 7.81. The first kappa shape index (κ1) is 21.4. The van der Waals surface area contributed by atoms with Crippen molar-refractivity contribution in [2.24, 2.45) is 0 Å². The van der Waals surface area contributed by atoms with Gasteiger partial charge >= 0.3 is 0 Å². The van der Waals surface area contributed by atoms with Crippen LogP contribution in [0.25, 0.3) is 58.8 Å². The van der Waals surface area contributed by atoms with E-state index in [-0.39, 0.29) is 5.41 Å². The highest BCUT2D eigenvalue weighted by atomic mass is 32.1. The lowest BCUT2D eigenvalue weighted by atomic mass is 9.86. The van der Waals surface area contributed by atoms with E-state index < -0.39 is 0 Å². The minimum atomic E-state index is 0.0929. The maximum absolute atomic E-state index is 2.41. The maximum atomic E-state index is 2.41.